The molecule has 0 unspecified atom stereocenters. The van der Waals surface area contributed by atoms with Gasteiger partial charge < -0.3 is 4.98 Å². The molecule has 22 heavy (non-hydrogen) atoms. The standard InChI is InChI=1S/C17H20ClFN2S/c1-11(2)5-4-6-12(3)7-8-22-17-20-15-9-13(18)14(19)10-16(15)21-17/h5,7,9-10H,4,6,8H2,1-3H3,(H,20,21)/b12-7+. The van der Waals surface area contributed by atoms with Gasteiger partial charge in [0.2, 0.25) is 0 Å². The molecule has 0 aliphatic heterocycles. The molecule has 2 nitrogen and oxygen atoms in total. The SMILES string of the molecule is CC(C)=CCC/C(C)=C/CSc1nc2cc(Cl)c(F)cc2[nH]1. The third-order valence-electron chi connectivity index (χ3n) is 3.25. The topological polar surface area (TPSA) is 28.7 Å². The highest BCUT2D eigenvalue weighted by molar-refractivity contribution is 7.99. The van der Waals surface area contributed by atoms with Gasteiger partial charge in [-0.3, -0.25) is 0 Å². The fraction of sp³-hybridized carbons (Fsp3) is 0.353. The first kappa shape index (κ1) is 17.1. The fourth-order valence-electron chi connectivity index (χ4n) is 2.00. The smallest absolute Gasteiger partial charge is 0.166 e. The largest absolute Gasteiger partial charge is 0.333 e. The predicted molar refractivity (Wildman–Crippen MR) is 94.2 cm³/mol. The Balaban J connectivity index is 1.93. The van der Waals surface area contributed by atoms with Gasteiger partial charge in [0.25, 0.3) is 0 Å². The van der Waals surface area contributed by atoms with Crippen LogP contribution in [0.3, 0.4) is 0 Å². The van der Waals surface area contributed by atoms with Crippen molar-refractivity contribution in [1.29, 1.82) is 0 Å². The molecule has 1 aromatic carbocycles. The molecule has 5 heteroatoms. The van der Waals surface area contributed by atoms with Crippen LogP contribution < -0.4 is 0 Å². The van der Waals surface area contributed by atoms with Crippen LogP contribution in [0, 0.1) is 5.82 Å². The summed E-state index contributed by atoms with van der Waals surface area (Å²) in [5, 5.41) is 0.885. The molecule has 0 aliphatic rings. The zero-order valence-electron chi connectivity index (χ0n) is 13.0. The van der Waals surface area contributed by atoms with Crippen LogP contribution in [0.2, 0.25) is 5.02 Å². The number of hydrogen-bond donors (Lipinski definition) is 1. The van der Waals surface area contributed by atoms with Gasteiger partial charge >= 0.3 is 0 Å². The van der Waals surface area contributed by atoms with Crippen LogP contribution in [0.4, 0.5) is 4.39 Å². The number of allylic oxidation sites excluding steroid dienone is 3. The van der Waals surface area contributed by atoms with Crippen LogP contribution in [0.1, 0.15) is 33.6 Å². The van der Waals surface area contributed by atoms with Crippen LogP contribution in [0.15, 0.2) is 40.6 Å². The Labute approximate surface area is 139 Å². The molecule has 2 aromatic rings. The van der Waals surface area contributed by atoms with Crippen molar-refractivity contribution in [2.75, 3.05) is 5.75 Å². The van der Waals surface area contributed by atoms with E-state index in [4.69, 9.17) is 11.6 Å². The van der Waals surface area contributed by atoms with Gasteiger partial charge in [-0.05, 0) is 39.7 Å². The summed E-state index contributed by atoms with van der Waals surface area (Å²) in [6, 6.07) is 2.93. The molecule has 0 atom stereocenters. The third-order valence-corrected chi connectivity index (χ3v) is 4.34. The fourth-order valence-corrected chi connectivity index (χ4v) is 3.03. The number of thioether (sulfide) groups is 1. The number of nitrogens with zero attached hydrogens (tertiary/aromatic N) is 1. The molecule has 0 amide bonds. The zero-order chi connectivity index (χ0) is 16.1. The van der Waals surface area contributed by atoms with E-state index in [-0.39, 0.29) is 5.02 Å². The Morgan fingerprint density at radius 3 is 2.82 bits per heavy atom. The summed E-state index contributed by atoms with van der Waals surface area (Å²) >= 11 is 7.37. The van der Waals surface area contributed by atoms with Crippen LogP contribution in [0.5, 0.6) is 0 Å². The zero-order valence-corrected chi connectivity index (χ0v) is 14.6. The summed E-state index contributed by atoms with van der Waals surface area (Å²) < 4.78 is 13.4. The number of aromatic amines is 1. The van der Waals surface area contributed by atoms with Crippen molar-refractivity contribution in [2.45, 2.75) is 38.8 Å². The number of rotatable bonds is 6. The molecular weight excluding hydrogens is 319 g/mol. The molecule has 0 saturated carbocycles. The molecule has 0 saturated heterocycles. The van der Waals surface area contributed by atoms with Crippen molar-refractivity contribution < 1.29 is 4.39 Å². The minimum Gasteiger partial charge on any atom is -0.333 e. The first-order valence-electron chi connectivity index (χ1n) is 7.22. The molecule has 118 valence electrons. The Morgan fingerprint density at radius 1 is 1.32 bits per heavy atom. The maximum atomic E-state index is 13.4. The average molecular weight is 339 g/mol. The molecule has 0 radical (unpaired) electrons. The number of fused-ring (bicyclic) bond motifs is 1. The molecule has 0 aliphatic carbocycles. The molecule has 1 N–H and O–H groups in total. The quantitative estimate of drug-likeness (QED) is 0.506. The predicted octanol–water partition coefficient (Wildman–Crippen LogP) is 6.14. The van der Waals surface area contributed by atoms with E-state index in [0.29, 0.717) is 11.0 Å². The van der Waals surface area contributed by atoms with Crippen molar-refractivity contribution in [2.24, 2.45) is 0 Å². The highest BCUT2D eigenvalue weighted by atomic mass is 35.5. The lowest BCUT2D eigenvalue weighted by atomic mass is 10.1. The first-order valence-corrected chi connectivity index (χ1v) is 8.58. The van der Waals surface area contributed by atoms with Crippen molar-refractivity contribution in [3.8, 4) is 0 Å². The first-order chi connectivity index (χ1) is 10.5. The van der Waals surface area contributed by atoms with E-state index in [2.05, 4.69) is 42.9 Å². The Kier molecular flexibility index (Phi) is 6.09. The monoisotopic (exact) mass is 338 g/mol. The number of benzene rings is 1. The van der Waals surface area contributed by atoms with Gasteiger partial charge in [0.05, 0.1) is 16.1 Å². The lowest BCUT2D eigenvalue weighted by Gasteiger charge is -1.98. The molecule has 0 bridgehead atoms. The summed E-state index contributed by atoms with van der Waals surface area (Å²) in [4.78, 5) is 7.52. The van der Waals surface area contributed by atoms with Gasteiger partial charge in [0.15, 0.2) is 5.16 Å². The molecule has 0 spiro atoms. The summed E-state index contributed by atoms with van der Waals surface area (Å²) in [6.07, 6.45) is 6.62. The summed E-state index contributed by atoms with van der Waals surface area (Å²) in [5.41, 5.74) is 4.09. The van der Waals surface area contributed by atoms with E-state index in [1.807, 2.05) is 0 Å². The van der Waals surface area contributed by atoms with Gasteiger partial charge in [0.1, 0.15) is 5.82 Å². The van der Waals surface area contributed by atoms with Crippen molar-refractivity contribution in [3.63, 3.8) is 0 Å². The number of halogens is 2. The van der Waals surface area contributed by atoms with Gasteiger partial charge in [-0.25, -0.2) is 9.37 Å². The van der Waals surface area contributed by atoms with Gasteiger partial charge in [0, 0.05) is 11.8 Å². The lowest BCUT2D eigenvalue weighted by molar-refractivity contribution is 0.630. The molecule has 2 rings (SSSR count). The van der Waals surface area contributed by atoms with Crippen LogP contribution in [-0.2, 0) is 0 Å². The van der Waals surface area contributed by atoms with E-state index in [9.17, 15) is 4.39 Å². The maximum absolute atomic E-state index is 13.4. The average Bonchev–Trinajstić information content (AvgIpc) is 2.80. The maximum Gasteiger partial charge on any atom is 0.166 e. The number of aromatic nitrogens is 2. The second-order valence-corrected chi connectivity index (χ2v) is 6.92. The Morgan fingerprint density at radius 2 is 2.09 bits per heavy atom. The number of hydrogen-bond acceptors (Lipinski definition) is 2. The van der Waals surface area contributed by atoms with Gasteiger partial charge in [-0.2, -0.15) is 0 Å². The number of imidazole rings is 1. The van der Waals surface area contributed by atoms with E-state index in [0.717, 1.165) is 23.8 Å². The van der Waals surface area contributed by atoms with Gasteiger partial charge in [-0.1, -0.05) is 46.7 Å². The van der Waals surface area contributed by atoms with Crippen molar-refractivity contribution in [3.05, 3.63) is 46.3 Å². The van der Waals surface area contributed by atoms with E-state index in [1.54, 1.807) is 17.8 Å². The summed E-state index contributed by atoms with van der Waals surface area (Å²) in [5.74, 6) is 0.417. The number of H-pyrrole nitrogens is 1. The van der Waals surface area contributed by atoms with E-state index in [1.165, 1.54) is 17.2 Å². The van der Waals surface area contributed by atoms with Crippen molar-refractivity contribution in [1.82, 2.24) is 9.97 Å². The van der Waals surface area contributed by atoms with Gasteiger partial charge in [-0.15, -0.1) is 0 Å². The second kappa shape index (κ2) is 7.84. The minimum absolute atomic E-state index is 0.102. The second-order valence-electron chi connectivity index (χ2n) is 5.51. The third kappa shape index (κ3) is 4.89. The summed E-state index contributed by atoms with van der Waals surface area (Å²) in [6.45, 7) is 6.38. The van der Waals surface area contributed by atoms with Crippen LogP contribution in [-0.4, -0.2) is 15.7 Å². The number of nitrogens with one attached hydrogen (secondary N) is 1. The minimum atomic E-state index is -0.427. The Hall–Kier alpha value is -1.26. The molecule has 1 aromatic heterocycles. The normalized spacial score (nSPS) is 12.0. The molecule has 1 heterocycles. The molecule has 0 fully saturated rings. The van der Waals surface area contributed by atoms with Crippen LogP contribution in [0.25, 0.3) is 11.0 Å². The summed E-state index contributed by atoms with van der Waals surface area (Å²) in [7, 11) is 0. The highest BCUT2D eigenvalue weighted by Gasteiger charge is 2.07. The van der Waals surface area contributed by atoms with E-state index < -0.39 is 5.82 Å². The highest BCUT2D eigenvalue weighted by Crippen LogP contribution is 2.25. The van der Waals surface area contributed by atoms with Crippen molar-refractivity contribution >= 4 is 34.4 Å². The van der Waals surface area contributed by atoms with E-state index >= 15 is 0 Å². The van der Waals surface area contributed by atoms with Crippen LogP contribution >= 0.6 is 23.4 Å². The molecular formula is C17H20ClFN2S. The lowest BCUT2D eigenvalue weighted by Crippen LogP contribution is -1.81. The Bertz CT molecular complexity index is 676.